The van der Waals surface area contributed by atoms with E-state index >= 15 is 0 Å². The smallest absolute Gasteiger partial charge is 0.115 e. The standard InChI is InChI=1S/C13H22N2O/c1-15(2)7-8-16-11-5-6-13(14)12(9-11)10-3-4-10/h5-6,9-10,12-13H,3-4,7-8,14H2,1-2H3/t12-,13?/m1/s1. The first-order valence-corrected chi connectivity index (χ1v) is 6.10. The van der Waals surface area contributed by atoms with Gasteiger partial charge in [0.1, 0.15) is 12.4 Å². The number of ether oxygens (including phenoxy) is 1. The third-order valence-corrected chi connectivity index (χ3v) is 3.26. The Morgan fingerprint density at radius 1 is 1.44 bits per heavy atom. The maximum atomic E-state index is 6.06. The molecule has 2 atom stereocenters. The molecule has 3 nitrogen and oxygen atoms in total. The van der Waals surface area contributed by atoms with Gasteiger partial charge >= 0.3 is 0 Å². The fourth-order valence-corrected chi connectivity index (χ4v) is 2.06. The lowest BCUT2D eigenvalue weighted by Crippen LogP contribution is -2.30. The second-order valence-corrected chi connectivity index (χ2v) is 5.07. The first kappa shape index (κ1) is 11.7. The normalized spacial score (nSPS) is 29.4. The van der Waals surface area contributed by atoms with Gasteiger partial charge in [-0.25, -0.2) is 0 Å². The molecule has 1 fully saturated rings. The van der Waals surface area contributed by atoms with Crippen LogP contribution in [0.25, 0.3) is 0 Å². The van der Waals surface area contributed by atoms with Gasteiger partial charge in [0.25, 0.3) is 0 Å². The summed E-state index contributed by atoms with van der Waals surface area (Å²) in [6.07, 6.45) is 8.96. The maximum Gasteiger partial charge on any atom is 0.115 e. The SMILES string of the molecule is CN(C)CCOC1=C[C@H](C2CC2)C(N)C=C1. The van der Waals surface area contributed by atoms with Crippen molar-refractivity contribution in [1.82, 2.24) is 4.90 Å². The summed E-state index contributed by atoms with van der Waals surface area (Å²) in [4.78, 5) is 2.12. The number of likely N-dealkylation sites (N-methyl/N-ethyl adjacent to an activating group) is 1. The van der Waals surface area contributed by atoms with E-state index in [1.54, 1.807) is 0 Å². The molecule has 2 N–H and O–H groups in total. The Balaban J connectivity index is 1.84. The molecule has 1 unspecified atom stereocenters. The summed E-state index contributed by atoms with van der Waals surface area (Å²) in [6.45, 7) is 1.70. The fourth-order valence-electron chi connectivity index (χ4n) is 2.06. The van der Waals surface area contributed by atoms with Crippen molar-refractivity contribution in [2.45, 2.75) is 18.9 Å². The van der Waals surface area contributed by atoms with Gasteiger partial charge in [0.2, 0.25) is 0 Å². The van der Waals surface area contributed by atoms with Crippen molar-refractivity contribution in [3.63, 3.8) is 0 Å². The third-order valence-electron chi connectivity index (χ3n) is 3.26. The van der Waals surface area contributed by atoms with E-state index in [1.165, 1.54) is 12.8 Å². The van der Waals surface area contributed by atoms with Crippen LogP contribution in [0, 0.1) is 11.8 Å². The molecule has 0 aromatic heterocycles. The highest BCUT2D eigenvalue weighted by atomic mass is 16.5. The van der Waals surface area contributed by atoms with Gasteiger partial charge in [-0.2, -0.15) is 0 Å². The van der Waals surface area contributed by atoms with Crippen LogP contribution >= 0.6 is 0 Å². The molecule has 0 amide bonds. The number of nitrogens with zero attached hydrogens (tertiary/aromatic N) is 1. The summed E-state index contributed by atoms with van der Waals surface area (Å²) in [5.41, 5.74) is 6.06. The highest BCUT2D eigenvalue weighted by Gasteiger charge is 2.34. The molecule has 90 valence electrons. The van der Waals surface area contributed by atoms with Crippen LogP contribution in [-0.2, 0) is 4.74 Å². The lowest BCUT2D eigenvalue weighted by Gasteiger charge is -2.23. The van der Waals surface area contributed by atoms with Gasteiger partial charge in [-0.3, -0.25) is 0 Å². The molecular weight excluding hydrogens is 200 g/mol. The number of hydrogen-bond donors (Lipinski definition) is 1. The molecule has 0 saturated heterocycles. The van der Waals surface area contributed by atoms with Crippen LogP contribution in [0.4, 0.5) is 0 Å². The summed E-state index contributed by atoms with van der Waals surface area (Å²) < 4.78 is 5.73. The Morgan fingerprint density at radius 2 is 2.19 bits per heavy atom. The zero-order chi connectivity index (χ0) is 11.5. The highest BCUT2D eigenvalue weighted by molar-refractivity contribution is 5.24. The monoisotopic (exact) mass is 222 g/mol. The van der Waals surface area contributed by atoms with Crippen molar-refractivity contribution in [1.29, 1.82) is 0 Å². The van der Waals surface area contributed by atoms with Crippen LogP contribution in [0.3, 0.4) is 0 Å². The van der Waals surface area contributed by atoms with E-state index in [-0.39, 0.29) is 6.04 Å². The zero-order valence-corrected chi connectivity index (χ0v) is 10.2. The maximum absolute atomic E-state index is 6.06. The van der Waals surface area contributed by atoms with Crippen LogP contribution in [0.15, 0.2) is 24.0 Å². The number of nitrogens with two attached hydrogens (primary N) is 1. The molecule has 2 rings (SSSR count). The molecule has 3 heteroatoms. The first-order valence-electron chi connectivity index (χ1n) is 6.10. The quantitative estimate of drug-likeness (QED) is 0.763. The van der Waals surface area contributed by atoms with E-state index in [1.807, 2.05) is 6.08 Å². The first-order chi connectivity index (χ1) is 7.66. The Morgan fingerprint density at radius 3 is 2.81 bits per heavy atom. The predicted octanol–water partition coefficient (Wildman–Crippen LogP) is 1.37. The van der Waals surface area contributed by atoms with Gasteiger partial charge in [-0.05, 0) is 45.0 Å². The average molecular weight is 222 g/mol. The molecule has 0 radical (unpaired) electrons. The Kier molecular flexibility index (Phi) is 3.66. The van der Waals surface area contributed by atoms with Crippen LogP contribution in [0.2, 0.25) is 0 Å². The van der Waals surface area contributed by atoms with Crippen molar-refractivity contribution in [3.05, 3.63) is 24.0 Å². The minimum Gasteiger partial charge on any atom is -0.493 e. The van der Waals surface area contributed by atoms with Gasteiger partial charge in [-0.15, -0.1) is 0 Å². The Hall–Kier alpha value is -0.800. The summed E-state index contributed by atoms with van der Waals surface area (Å²) in [5.74, 6) is 2.30. The van der Waals surface area contributed by atoms with E-state index in [2.05, 4.69) is 31.1 Å². The van der Waals surface area contributed by atoms with Gasteiger partial charge in [0.05, 0.1) is 0 Å². The molecule has 0 spiro atoms. The predicted molar refractivity (Wildman–Crippen MR) is 65.9 cm³/mol. The lowest BCUT2D eigenvalue weighted by molar-refractivity contribution is 0.188. The van der Waals surface area contributed by atoms with Crippen LogP contribution < -0.4 is 5.73 Å². The van der Waals surface area contributed by atoms with E-state index in [9.17, 15) is 0 Å². The van der Waals surface area contributed by atoms with E-state index < -0.39 is 0 Å². The molecule has 1 saturated carbocycles. The Bertz CT molecular complexity index is 292. The van der Waals surface area contributed by atoms with Crippen molar-refractivity contribution in [3.8, 4) is 0 Å². The second-order valence-electron chi connectivity index (χ2n) is 5.07. The lowest BCUT2D eigenvalue weighted by atomic mass is 9.91. The molecule has 16 heavy (non-hydrogen) atoms. The summed E-state index contributed by atoms with van der Waals surface area (Å²) in [6, 6.07) is 0.189. The third kappa shape index (κ3) is 3.09. The van der Waals surface area contributed by atoms with Gasteiger partial charge in [0, 0.05) is 18.5 Å². The minimum absolute atomic E-state index is 0.189. The second kappa shape index (κ2) is 5.02. The minimum atomic E-state index is 0.189. The Labute approximate surface area is 97.9 Å². The topological polar surface area (TPSA) is 38.5 Å². The molecule has 0 aliphatic heterocycles. The summed E-state index contributed by atoms with van der Waals surface area (Å²) >= 11 is 0. The van der Waals surface area contributed by atoms with Gasteiger partial charge in [0.15, 0.2) is 0 Å². The van der Waals surface area contributed by atoms with E-state index in [4.69, 9.17) is 10.5 Å². The summed E-state index contributed by atoms with van der Waals surface area (Å²) in [7, 11) is 4.11. The van der Waals surface area contributed by atoms with Gasteiger partial charge in [-0.1, -0.05) is 6.08 Å². The van der Waals surface area contributed by atoms with E-state index in [0.29, 0.717) is 5.92 Å². The van der Waals surface area contributed by atoms with Crippen molar-refractivity contribution in [2.24, 2.45) is 17.6 Å². The summed E-state index contributed by atoms with van der Waals surface area (Å²) in [5, 5.41) is 0. The largest absolute Gasteiger partial charge is 0.493 e. The average Bonchev–Trinajstić information content (AvgIpc) is 3.03. The molecule has 0 aromatic carbocycles. The molecule has 0 aromatic rings. The van der Waals surface area contributed by atoms with Crippen LogP contribution in [0.1, 0.15) is 12.8 Å². The van der Waals surface area contributed by atoms with Crippen LogP contribution in [0.5, 0.6) is 0 Å². The van der Waals surface area contributed by atoms with Crippen molar-refractivity contribution in [2.75, 3.05) is 27.2 Å². The van der Waals surface area contributed by atoms with Crippen molar-refractivity contribution >= 4 is 0 Å². The molecule has 2 aliphatic carbocycles. The highest BCUT2D eigenvalue weighted by Crippen LogP contribution is 2.40. The van der Waals surface area contributed by atoms with Gasteiger partial charge < -0.3 is 15.4 Å². The van der Waals surface area contributed by atoms with Crippen molar-refractivity contribution < 1.29 is 4.74 Å². The molecular formula is C13H22N2O. The van der Waals surface area contributed by atoms with Crippen LogP contribution in [-0.4, -0.2) is 38.2 Å². The number of hydrogen-bond acceptors (Lipinski definition) is 3. The number of allylic oxidation sites excluding steroid dienone is 1. The molecule has 2 aliphatic rings. The fraction of sp³-hybridized carbons (Fsp3) is 0.692. The zero-order valence-electron chi connectivity index (χ0n) is 10.2. The molecule has 0 heterocycles. The van der Waals surface area contributed by atoms with E-state index in [0.717, 1.165) is 24.8 Å². The molecule has 0 bridgehead atoms. The number of rotatable bonds is 5.